The summed E-state index contributed by atoms with van der Waals surface area (Å²) in [7, 11) is -1.30. The summed E-state index contributed by atoms with van der Waals surface area (Å²) in [6.07, 6.45) is 5.32. The minimum absolute atomic E-state index is 0.0788. The predicted octanol–water partition coefficient (Wildman–Crippen LogP) is 1.26. The van der Waals surface area contributed by atoms with Gasteiger partial charge in [0.25, 0.3) is 0 Å². The van der Waals surface area contributed by atoms with Gasteiger partial charge in [-0.2, -0.15) is 0 Å². The fourth-order valence-corrected chi connectivity index (χ4v) is 3.88. The van der Waals surface area contributed by atoms with E-state index in [-0.39, 0.29) is 6.04 Å². The molecule has 3 heterocycles. The highest BCUT2D eigenvalue weighted by Gasteiger charge is 2.27. The van der Waals surface area contributed by atoms with E-state index in [1.807, 2.05) is 23.9 Å². The monoisotopic (exact) mass is 337 g/mol. The summed E-state index contributed by atoms with van der Waals surface area (Å²) in [5.41, 5.74) is 0.889. The van der Waals surface area contributed by atoms with Gasteiger partial charge in [0.1, 0.15) is 17.8 Å². The molecule has 1 fully saturated rings. The maximum Gasteiger partial charge on any atom is 0.214 e. The predicted molar refractivity (Wildman–Crippen MR) is 90.9 cm³/mol. The molecule has 1 N–H and O–H groups in total. The van der Waals surface area contributed by atoms with Crippen molar-refractivity contribution in [1.29, 1.82) is 0 Å². The molecule has 0 amide bonds. The number of nitrogens with one attached hydrogen (secondary N) is 1. The lowest BCUT2D eigenvalue weighted by molar-refractivity contribution is 0.462. The van der Waals surface area contributed by atoms with Crippen molar-refractivity contribution in [2.45, 2.75) is 38.0 Å². The van der Waals surface area contributed by atoms with Gasteiger partial charge in [-0.1, -0.05) is 0 Å². The molecule has 0 saturated carbocycles. The number of piperidine rings is 1. The molecule has 2 aromatic rings. The van der Waals surface area contributed by atoms with E-state index in [0.29, 0.717) is 6.54 Å². The quantitative estimate of drug-likeness (QED) is 0.909. The molecule has 0 spiro atoms. The molecule has 1 aliphatic heterocycles. The number of fused-ring (bicyclic) bond motifs is 1. The van der Waals surface area contributed by atoms with Gasteiger partial charge in [0.15, 0.2) is 0 Å². The Balaban J connectivity index is 1.83. The average molecular weight is 337 g/mol. The van der Waals surface area contributed by atoms with Crippen molar-refractivity contribution in [2.24, 2.45) is 7.05 Å². The molecular formula is C15H23N5O2S. The summed E-state index contributed by atoms with van der Waals surface area (Å²) in [5.74, 6) is 0.879. The molecule has 1 saturated heterocycles. The molecule has 126 valence electrons. The topological polar surface area (TPSA) is 80.1 Å². The third-order valence-electron chi connectivity index (χ3n) is 4.31. The second-order valence-corrected chi connectivity index (χ2v) is 8.63. The molecule has 8 heteroatoms. The van der Waals surface area contributed by atoms with Crippen LogP contribution in [0.2, 0.25) is 0 Å². The van der Waals surface area contributed by atoms with Crippen LogP contribution in [0.5, 0.6) is 0 Å². The third-order valence-corrected chi connectivity index (χ3v) is 6.22. The Morgan fingerprint density at radius 2 is 2.13 bits per heavy atom. The highest BCUT2D eigenvalue weighted by atomic mass is 32.2. The SMILES string of the molecule is CC(C)S(=O)(=O)NC1CCCN(c2ncnc3c2ccn3C)C1. The first-order chi connectivity index (χ1) is 10.9. The Hall–Kier alpha value is -1.67. The molecule has 23 heavy (non-hydrogen) atoms. The molecule has 2 aromatic heterocycles. The number of nitrogens with zero attached hydrogens (tertiary/aromatic N) is 4. The van der Waals surface area contributed by atoms with E-state index < -0.39 is 15.3 Å². The summed E-state index contributed by atoms with van der Waals surface area (Å²) in [6.45, 7) is 4.90. The van der Waals surface area contributed by atoms with Crippen LogP contribution >= 0.6 is 0 Å². The number of aromatic nitrogens is 3. The normalized spacial score (nSPS) is 19.7. The van der Waals surface area contributed by atoms with Crippen molar-refractivity contribution < 1.29 is 8.42 Å². The summed E-state index contributed by atoms with van der Waals surface area (Å²) in [4.78, 5) is 10.9. The number of rotatable bonds is 4. The molecule has 0 aliphatic carbocycles. The average Bonchev–Trinajstić information content (AvgIpc) is 2.88. The first kappa shape index (κ1) is 16.2. The van der Waals surface area contributed by atoms with Crippen molar-refractivity contribution >= 4 is 26.9 Å². The van der Waals surface area contributed by atoms with Crippen molar-refractivity contribution in [2.75, 3.05) is 18.0 Å². The number of anilines is 1. The van der Waals surface area contributed by atoms with E-state index in [1.54, 1.807) is 20.2 Å². The van der Waals surface area contributed by atoms with Crippen LogP contribution in [-0.2, 0) is 17.1 Å². The van der Waals surface area contributed by atoms with E-state index in [0.717, 1.165) is 36.2 Å². The van der Waals surface area contributed by atoms with Gasteiger partial charge in [-0.05, 0) is 32.8 Å². The summed E-state index contributed by atoms with van der Waals surface area (Å²) < 4.78 is 29.0. The lowest BCUT2D eigenvalue weighted by Gasteiger charge is -2.34. The van der Waals surface area contributed by atoms with Gasteiger partial charge >= 0.3 is 0 Å². The largest absolute Gasteiger partial charge is 0.354 e. The Morgan fingerprint density at radius 3 is 2.87 bits per heavy atom. The second-order valence-electron chi connectivity index (χ2n) is 6.36. The Morgan fingerprint density at radius 1 is 1.35 bits per heavy atom. The number of hydrogen-bond acceptors (Lipinski definition) is 5. The van der Waals surface area contributed by atoms with Crippen LogP contribution in [0.3, 0.4) is 0 Å². The lowest BCUT2D eigenvalue weighted by atomic mass is 10.1. The Labute approximate surface area is 136 Å². The highest BCUT2D eigenvalue weighted by molar-refractivity contribution is 7.90. The minimum atomic E-state index is -3.26. The van der Waals surface area contributed by atoms with E-state index in [1.165, 1.54) is 0 Å². The molecule has 3 rings (SSSR count). The fraction of sp³-hybridized carbons (Fsp3) is 0.600. The van der Waals surface area contributed by atoms with Crippen LogP contribution in [0.1, 0.15) is 26.7 Å². The van der Waals surface area contributed by atoms with Crippen molar-refractivity contribution in [3.63, 3.8) is 0 Å². The zero-order valence-electron chi connectivity index (χ0n) is 13.7. The van der Waals surface area contributed by atoms with Gasteiger partial charge in [0.05, 0.1) is 10.6 Å². The van der Waals surface area contributed by atoms with Crippen molar-refractivity contribution in [1.82, 2.24) is 19.3 Å². The van der Waals surface area contributed by atoms with Gasteiger partial charge in [0.2, 0.25) is 10.0 Å². The van der Waals surface area contributed by atoms with Gasteiger partial charge in [-0.15, -0.1) is 0 Å². The van der Waals surface area contributed by atoms with Crippen molar-refractivity contribution in [3.05, 3.63) is 18.6 Å². The summed E-state index contributed by atoms with van der Waals surface area (Å²) in [6, 6.07) is 1.93. The smallest absolute Gasteiger partial charge is 0.214 e. The third kappa shape index (κ3) is 3.18. The molecule has 0 radical (unpaired) electrons. The number of aryl methyl sites for hydroxylation is 1. The van der Waals surface area contributed by atoms with Gasteiger partial charge in [0, 0.05) is 32.4 Å². The second kappa shape index (κ2) is 6.09. The molecular weight excluding hydrogens is 314 g/mol. The van der Waals surface area contributed by atoms with Crippen molar-refractivity contribution in [3.8, 4) is 0 Å². The number of hydrogen-bond donors (Lipinski definition) is 1. The van der Waals surface area contributed by atoms with E-state index >= 15 is 0 Å². The Kier molecular flexibility index (Phi) is 4.29. The van der Waals surface area contributed by atoms with Crippen LogP contribution in [0, 0.1) is 0 Å². The zero-order chi connectivity index (χ0) is 16.6. The van der Waals surface area contributed by atoms with Crippen LogP contribution in [0.25, 0.3) is 11.0 Å². The molecule has 1 atom stereocenters. The summed E-state index contributed by atoms with van der Waals surface area (Å²) in [5, 5.41) is 0.583. The summed E-state index contributed by atoms with van der Waals surface area (Å²) >= 11 is 0. The fourth-order valence-electron chi connectivity index (χ4n) is 2.95. The van der Waals surface area contributed by atoms with Gasteiger partial charge < -0.3 is 9.47 Å². The van der Waals surface area contributed by atoms with Crippen LogP contribution < -0.4 is 9.62 Å². The van der Waals surface area contributed by atoms with E-state index in [4.69, 9.17) is 0 Å². The minimum Gasteiger partial charge on any atom is -0.354 e. The standard InChI is InChI=1S/C15H23N5O2S/c1-11(2)23(21,22)18-12-5-4-7-20(9-12)15-13-6-8-19(3)14(13)16-10-17-15/h6,8,10-12,18H,4-5,7,9H2,1-3H3. The van der Waals surface area contributed by atoms with Crippen LogP contribution in [-0.4, -0.2) is 47.3 Å². The molecule has 1 unspecified atom stereocenters. The van der Waals surface area contributed by atoms with E-state index in [2.05, 4.69) is 19.6 Å². The lowest BCUT2D eigenvalue weighted by Crippen LogP contribution is -2.49. The zero-order valence-corrected chi connectivity index (χ0v) is 14.5. The molecule has 0 aromatic carbocycles. The molecule has 0 bridgehead atoms. The maximum atomic E-state index is 12.1. The molecule has 7 nitrogen and oxygen atoms in total. The van der Waals surface area contributed by atoms with Crippen LogP contribution in [0.15, 0.2) is 18.6 Å². The van der Waals surface area contributed by atoms with Crippen LogP contribution in [0.4, 0.5) is 5.82 Å². The maximum absolute atomic E-state index is 12.1. The first-order valence-electron chi connectivity index (χ1n) is 7.90. The van der Waals surface area contributed by atoms with E-state index in [9.17, 15) is 8.42 Å². The van der Waals surface area contributed by atoms with Gasteiger partial charge in [-0.25, -0.2) is 23.1 Å². The highest BCUT2D eigenvalue weighted by Crippen LogP contribution is 2.26. The number of sulfonamides is 1. The van der Waals surface area contributed by atoms with Gasteiger partial charge in [-0.3, -0.25) is 0 Å². The Bertz CT molecular complexity index is 799. The molecule has 1 aliphatic rings. The first-order valence-corrected chi connectivity index (χ1v) is 9.45.